The minimum absolute atomic E-state index is 0.208. The summed E-state index contributed by atoms with van der Waals surface area (Å²) in [5.74, 6) is 0. The molecule has 0 amide bonds. The number of hydrogen-bond acceptors (Lipinski definition) is 3. The summed E-state index contributed by atoms with van der Waals surface area (Å²) in [5.41, 5.74) is 0. The first-order chi connectivity index (χ1) is 2.77. The molecule has 32 valence electrons. The lowest BCUT2D eigenvalue weighted by Gasteiger charge is -1.79. The molecule has 0 aliphatic rings. The van der Waals surface area contributed by atoms with Crippen molar-refractivity contribution in [2.45, 2.75) is 6.32 Å². The highest BCUT2D eigenvalue weighted by Crippen LogP contribution is 1.74. The third-order valence-corrected chi connectivity index (χ3v) is 0.274. The van der Waals surface area contributed by atoms with Crippen LogP contribution in [0.3, 0.4) is 0 Å². The topological polar surface area (TPSA) is 64.2 Å². The Morgan fingerprint density at radius 2 is 2.17 bits per heavy atom. The standard InChI is InChI=1S/C2H4BNO2/c4-2-1-3(5)6/h5-6H,1H2. The normalized spacial score (nSPS) is 6.83. The van der Waals surface area contributed by atoms with E-state index in [0.29, 0.717) is 0 Å². The molecule has 0 saturated carbocycles. The van der Waals surface area contributed by atoms with E-state index in [1.54, 1.807) is 6.07 Å². The molecule has 0 heterocycles. The Labute approximate surface area is 36.0 Å². The fourth-order valence-electron chi connectivity index (χ4n) is 0.0816. The predicted molar refractivity (Wildman–Crippen MR) is 20.6 cm³/mol. The van der Waals surface area contributed by atoms with Gasteiger partial charge in [-0.1, -0.05) is 0 Å². The van der Waals surface area contributed by atoms with Gasteiger partial charge in [0.1, 0.15) is 0 Å². The highest BCUT2D eigenvalue weighted by Gasteiger charge is 2.01. The fraction of sp³-hybridized carbons (Fsp3) is 0.500. The predicted octanol–water partition coefficient (Wildman–Crippen LogP) is -1.02. The summed E-state index contributed by atoms with van der Waals surface area (Å²) in [5, 5.41) is 23.4. The SMILES string of the molecule is N#CCB(O)O. The number of hydrogen-bond donors (Lipinski definition) is 2. The Morgan fingerprint density at radius 3 is 2.17 bits per heavy atom. The molecule has 0 atom stereocenters. The molecule has 0 aromatic heterocycles. The van der Waals surface area contributed by atoms with E-state index in [9.17, 15) is 0 Å². The van der Waals surface area contributed by atoms with E-state index in [4.69, 9.17) is 15.3 Å². The van der Waals surface area contributed by atoms with Gasteiger partial charge in [-0.3, -0.25) is 0 Å². The summed E-state index contributed by atoms with van der Waals surface area (Å²) < 4.78 is 0. The minimum atomic E-state index is -1.46. The Hall–Kier alpha value is -0.525. The fourth-order valence-corrected chi connectivity index (χ4v) is 0.0816. The summed E-state index contributed by atoms with van der Waals surface area (Å²) in [4.78, 5) is 0. The maximum absolute atomic E-state index is 7.89. The van der Waals surface area contributed by atoms with Gasteiger partial charge in [0.05, 0.1) is 12.4 Å². The first kappa shape index (κ1) is 5.47. The van der Waals surface area contributed by atoms with Gasteiger partial charge in [0.2, 0.25) is 0 Å². The third kappa shape index (κ3) is 3.47. The molecular formula is C2H4BNO2. The van der Waals surface area contributed by atoms with Crippen LogP contribution in [0, 0.1) is 11.3 Å². The van der Waals surface area contributed by atoms with Gasteiger partial charge < -0.3 is 10.0 Å². The van der Waals surface area contributed by atoms with Crippen LogP contribution in [-0.2, 0) is 0 Å². The van der Waals surface area contributed by atoms with Crippen molar-refractivity contribution >= 4 is 7.12 Å². The molecule has 0 radical (unpaired) electrons. The Balaban J connectivity index is 2.88. The van der Waals surface area contributed by atoms with Crippen LogP contribution in [-0.4, -0.2) is 17.2 Å². The molecule has 0 fully saturated rings. The van der Waals surface area contributed by atoms with Crippen LogP contribution >= 0.6 is 0 Å². The van der Waals surface area contributed by atoms with E-state index < -0.39 is 7.12 Å². The molecular weight excluding hydrogens is 80.8 g/mol. The lowest BCUT2D eigenvalue weighted by molar-refractivity contribution is 0.412. The Bertz CT molecular complexity index is 66.4. The summed E-state index contributed by atoms with van der Waals surface area (Å²) in [6.45, 7) is 0. The summed E-state index contributed by atoms with van der Waals surface area (Å²) >= 11 is 0. The molecule has 0 aliphatic heterocycles. The van der Waals surface area contributed by atoms with Crippen molar-refractivity contribution < 1.29 is 10.0 Å². The van der Waals surface area contributed by atoms with Crippen LogP contribution in [0.4, 0.5) is 0 Å². The molecule has 0 aromatic carbocycles. The van der Waals surface area contributed by atoms with Crippen molar-refractivity contribution in [3.63, 3.8) is 0 Å². The van der Waals surface area contributed by atoms with Gasteiger partial charge in [0.15, 0.2) is 0 Å². The van der Waals surface area contributed by atoms with E-state index >= 15 is 0 Å². The van der Waals surface area contributed by atoms with Crippen molar-refractivity contribution in [1.82, 2.24) is 0 Å². The lowest BCUT2D eigenvalue weighted by Crippen LogP contribution is -2.07. The Kier molecular flexibility index (Phi) is 2.46. The molecule has 2 N–H and O–H groups in total. The van der Waals surface area contributed by atoms with Crippen molar-refractivity contribution in [3.05, 3.63) is 0 Å². The molecule has 0 unspecified atom stereocenters. The highest BCUT2D eigenvalue weighted by atomic mass is 16.4. The van der Waals surface area contributed by atoms with Gasteiger partial charge in [-0.05, 0) is 0 Å². The second-order valence-electron chi connectivity index (χ2n) is 0.843. The zero-order chi connectivity index (χ0) is 4.99. The van der Waals surface area contributed by atoms with Crippen LogP contribution in [0.25, 0.3) is 0 Å². The monoisotopic (exact) mass is 85.0 g/mol. The van der Waals surface area contributed by atoms with Crippen LogP contribution in [0.2, 0.25) is 6.32 Å². The third-order valence-electron chi connectivity index (χ3n) is 0.274. The van der Waals surface area contributed by atoms with E-state index in [2.05, 4.69) is 0 Å². The average Bonchev–Trinajstić information content (AvgIpc) is 1.35. The van der Waals surface area contributed by atoms with Crippen LogP contribution in [0.1, 0.15) is 0 Å². The van der Waals surface area contributed by atoms with Gasteiger partial charge in [0.25, 0.3) is 0 Å². The molecule has 6 heavy (non-hydrogen) atoms. The van der Waals surface area contributed by atoms with Crippen molar-refractivity contribution in [2.75, 3.05) is 0 Å². The molecule has 0 bridgehead atoms. The maximum atomic E-state index is 7.89. The molecule has 0 saturated heterocycles. The van der Waals surface area contributed by atoms with E-state index in [-0.39, 0.29) is 6.32 Å². The van der Waals surface area contributed by atoms with Crippen LogP contribution in [0.15, 0.2) is 0 Å². The quantitative estimate of drug-likeness (QED) is 0.400. The van der Waals surface area contributed by atoms with Gasteiger partial charge in [-0.25, -0.2) is 0 Å². The number of nitrogens with zero attached hydrogens (tertiary/aromatic N) is 1. The molecule has 0 spiro atoms. The zero-order valence-electron chi connectivity index (χ0n) is 3.13. The van der Waals surface area contributed by atoms with Gasteiger partial charge in [-0.15, -0.1) is 0 Å². The summed E-state index contributed by atoms with van der Waals surface area (Å²) in [7, 11) is -1.46. The van der Waals surface area contributed by atoms with Gasteiger partial charge >= 0.3 is 7.12 Å². The van der Waals surface area contributed by atoms with E-state index in [0.717, 1.165) is 0 Å². The Morgan fingerprint density at radius 1 is 1.67 bits per heavy atom. The molecule has 0 aromatic rings. The minimum Gasteiger partial charge on any atom is -0.426 e. The van der Waals surface area contributed by atoms with Crippen molar-refractivity contribution in [1.29, 1.82) is 5.26 Å². The second kappa shape index (κ2) is 2.70. The van der Waals surface area contributed by atoms with Gasteiger partial charge in [-0.2, -0.15) is 5.26 Å². The van der Waals surface area contributed by atoms with Crippen LogP contribution in [0.5, 0.6) is 0 Å². The lowest BCUT2D eigenvalue weighted by atomic mass is 9.88. The summed E-state index contributed by atoms with van der Waals surface area (Å²) in [6.07, 6.45) is -0.208. The first-order valence-corrected chi connectivity index (χ1v) is 1.50. The highest BCUT2D eigenvalue weighted by molar-refractivity contribution is 6.41. The van der Waals surface area contributed by atoms with Gasteiger partial charge in [0, 0.05) is 0 Å². The molecule has 3 nitrogen and oxygen atoms in total. The van der Waals surface area contributed by atoms with E-state index in [1.807, 2.05) is 0 Å². The smallest absolute Gasteiger partial charge is 0.426 e. The van der Waals surface area contributed by atoms with E-state index in [1.165, 1.54) is 0 Å². The summed E-state index contributed by atoms with van der Waals surface area (Å²) in [6, 6.07) is 1.57. The van der Waals surface area contributed by atoms with Crippen LogP contribution < -0.4 is 0 Å². The largest absolute Gasteiger partial charge is 0.466 e. The number of nitriles is 1. The first-order valence-electron chi connectivity index (χ1n) is 1.50. The zero-order valence-corrected chi connectivity index (χ0v) is 3.13. The second-order valence-corrected chi connectivity index (χ2v) is 0.843. The molecule has 0 aliphatic carbocycles. The maximum Gasteiger partial charge on any atom is 0.466 e. The number of rotatable bonds is 1. The average molecular weight is 84.9 g/mol. The molecule has 0 rings (SSSR count). The van der Waals surface area contributed by atoms with Crippen molar-refractivity contribution in [2.24, 2.45) is 0 Å². The molecule has 4 heteroatoms. The van der Waals surface area contributed by atoms with Crippen molar-refractivity contribution in [3.8, 4) is 6.07 Å².